The Morgan fingerprint density at radius 2 is 1.95 bits per heavy atom. The first-order valence-corrected chi connectivity index (χ1v) is 7.89. The van der Waals surface area contributed by atoms with Gasteiger partial charge in [-0.25, -0.2) is 0 Å². The molecule has 2 aliphatic rings. The Morgan fingerprint density at radius 1 is 1.24 bits per heavy atom. The lowest BCUT2D eigenvalue weighted by Gasteiger charge is -2.32. The van der Waals surface area contributed by atoms with Crippen molar-refractivity contribution in [2.45, 2.75) is 38.5 Å². The molecular weight excluding hydrogens is 262 g/mol. The molecule has 1 N–H and O–H groups in total. The van der Waals surface area contributed by atoms with E-state index < -0.39 is 0 Å². The fourth-order valence-corrected chi connectivity index (χ4v) is 3.55. The van der Waals surface area contributed by atoms with Crippen LogP contribution in [0.1, 0.15) is 31.9 Å². The minimum absolute atomic E-state index is 0.138. The monoisotopic (exact) mass is 287 g/mol. The molecule has 0 spiro atoms. The maximum atomic E-state index is 13.0. The largest absolute Gasteiger partial charge is 0.321 e. The molecule has 21 heavy (non-hydrogen) atoms. The maximum absolute atomic E-state index is 13.0. The lowest BCUT2D eigenvalue weighted by molar-refractivity contribution is -0.132. The highest BCUT2D eigenvalue weighted by Gasteiger charge is 2.45. The van der Waals surface area contributed by atoms with E-state index in [1.807, 2.05) is 30.3 Å². The summed E-state index contributed by atoms with van der Waals surface area (Å²) in [6.45, 7) is 6.43. The standard InChI is InChI=1S/C17H25N3O/c1-12(2)16-18-15(13-7-5-4-6-8-13)17(21)20(16)14-9-10-19(3)11-14/h4-8,12,14-16,18H,9-11H2,1-3H3. The van der Waals surface area contributed by atoms with Crippen LogP contribution in [-0.4, -0.2) is 48.1 Å². The molecule has 2 saturated heterocycles. The average molecular weight is 287 g/mol. The van der Waals surface area contributed by atoms with Gasteiger partial charge in [-0.3, -0.25) is 10.1 Å². The van der Waals surface area contributed by atoms with E-state index in [0.29, 0.717) is 12.0 Å². The van der Waals surface area contributed by atoms with Crippen LogP contribution in [0.5, 0.6) is 0 Å². The zero-order valence-corrected chi connectivity index (χ0v) is 13.1. The van der Waals surface area contributed by atoms with Crippen molar-refractivity contribution in [2.75, 3.05) is 20.1 Å². The number of carbonyl (C=O) groups excluding carboxylic acids is 1. The van der Waals surface area contributed by atoms with Crippen molar-refractivity contribution in [1.29, 1.82) is 0 Å². The van der Waals surface area contributed by atoms with E-state index in [-0.39, 0.29) is 18.1 Å². The summed E-state index contributed by atoms with van der Waals surface area (Å²) in [4.78, 5) is 17.4. The highest BCUT2D eigenvalue weighted by atomic mass is 16.2. The van der Waals surface area contributed by atoms with Gasteiger partial charge in [0.15, 0.2) is 0 Å². The number of nitrogens with zero attached hydrogens (tertiary/aromatic N) is 2. The third kappa shape index (κ3) is 2.70. The number of hydrogen-bond acceptors (Lipinski definition) is 3. The molecule has 1 aromatic rings. The first kappa shape index (κ1) is 14.5. The van der Waals surface area contributed by atoms with Gasteiger partial charge >= 0.3 is 0 Å². The van der Waals surface area contributed by atoms with Crippen LogP contribution in [0.25, 0.3) is 0 Å². The molecule has 2 aliphatic heterocycles. The third-order valence-corrected chi connectivity index (χ3v) is 4.66. The van der Waals surface area contributed by atoms with Gasteiger partial charge in [0.05, 0.1) is 6.17 Å². The van der Waals surface area contributed by atoms with E-state index in [0.717, 1.165) is 25.1 Å². The predicted molar refractivity (Wildman–Crippen MR) is 83.7 cm³/mol. The Hall–Kier alpha value is -1.39. The minimum atomic E-state index is -0.190. The molecule has 2 fully saturated rings. The lowest BCUT2D eigenvalue weighted by Crippen LogP contribution is -2.48. The number of amides is 1. The highest BCUT2D eigenvalue weighted by Crippen LogP contribution is 2.31. The van der Waals surface area contributed by atoms with Gasteiger partial charge in [-0.2, -0.15) is 0 Å². The van der Waals surface area contributed by atoms with Crippen LogP contribution >= 0.6 is 0 Å². The molecule has 3 unspecified atom stereocenters. The second kappa shape index (κ2) is 5.78. The first-order valence-electron chi connectivity index (χ1n) is 7.89. The van der Waals surface area contributed by atoms with E-state index >= 15 is 0 Å². The zero-order valence-electron chi connectivity index (χ0n) is 13.1. The molecule has 114 valence electrons. The van der Waals surface area contributed by atoms with Crippen molar-refractivity contribution in [2.24, 2.45) is 5.92 Å². The van der Waals surface area contributed by atoms with Crippen LogP contribution in [0.15, 0.2) is 30.3 Å². The van der Waals surface area contributed by atoms with Crippen LogP contribution in [0, 0.1) is 5.92 Å². The molecule has 0 radical (unpaired) electrons. The van der Waals surface area contributed by atoms with E-state index in [9.17, 15) is 4.79 Å². The summed E-state index contributed by atoms with van der Waals surface area (Å²) < 4.78 is 0. The molecule has 3 rings (SSSR count). The molecule has 1 aromatic carbocycles. The van der Waals surface area contributed by atoms with Crippen molar-refractivity contribution >= 4 is 5.91 Å². The van der Waals surface area contributed by atoms with Crippen molar-refractivity contribution in [3.05, 3.63) is 35.9 Å². The maximum Gasteiger partial charge on any atom is 0.245 e. The number of nitrogens with one attached hydrogen (secondary N) is 1. The van der Waals surface area contributed by atoms with Gasteiger partial charge in [-0.15, -0.1) is 0 Å². The van der Waals surface area contributed by atoms with Crippen molar-refractivity contribution < 1.29 is 4.79 Å². The first-order chi connectivity index (χ1) is 10.1. The zero-order chi connectivity index (χ0) is 15.0. The van der Waals surface area contributed by atoms with Crippen molar-refractivity contribution in [1.82, 2.24) is 15.1 Å². The van der Waals surface area contributed by atoms with Gasteiger partial charge in [-0.1, -0.05) is 44.2 Å². The van der Waals surface area contributed by atoms with Gasteiger partial charge in [0.25, 0.3) is 0 Å². The Morgan fingerprint density at radius 3 is 2.52 bits per heavy atom. The molecule has 0 bridgehead atoms. The quantitative estimate of drug-likeness (QED) is 0.921. The number of benzene rings is 1. The molecule has 4 heteroatoms. The number of rotatable bonds is 3. The smallest absolute Gasteiger partial charge is 0.245 e. The molecule has 2 heterocycles. The summed E-state index contributed by atoms with van der Waals surface area (Å²) in [5.74, 6) is 0.647. The van der Waals surface area contributed by atoms with E-state index in [2.05, 4.69) is 36.0 Å². The number of hydrogen-bond donors (Lipinski definition) is 1. The lowest BCUT2D eigenvalue weighted by atomic mass is 10.1. The molecule has 0 saturated carbocycles. The SMILES string of the molecule is CC(C)C1NC(c2ccccc2)C(=O)N1C1CCN(C)C1. The molecular formula is C17H25N3O. The molecule has 3 atom stereocenters. The fraction of sp³-hybridized carbons (Fsp3) is 0.588. The summed E-state index contributed by atoms with van der Waals surface area (Å²) in [6.07, 6.45) is 1.22. The summed E-state index contributed by atoms with van der Waals surface area (Å²) >= 11 is 0. The second-order valence-corrected chi connectivity index (χ2v) is 6.65. The molecule has 0 aliphatic carbocycles. The van der Waals surface area contributed by atoms with Gasteiger partial charge in [-0.05, 0) is 31.5 Å². The number of likely N-dealkylation sites (tertiary alicyclic amines) is 1. The summed E-state index contributed by atoms with van der Waals surface area (Å²) in [5, 5.41) is 3.56. The third-order valence-electron chi connectivity index (χ3n) is 4.66. The van der Waals surface area contributed by atoms with Crippen LogP contribution in [0.2, 0.25) is 0 Å². The summed E-state index contributed by atoms with van der Waals surface area (Å²) in [7, 11) is 2.13. The van der Waals surface area contributed by atoms with E-state index in [1.165, 1.54) is 0 Å². The van der Waals surface area contributed by atoms with E-state index in [1.54, 1.807) is 0 Å². The Labute approximate surface area is 127 Å². The van der Waals surface area contributed by atoms with E-state index in [4.69, 9.17) is 0 Å². The Kier molecular flexibility index (Phi) is 4.00. The predicted octanol–water partition coefficient (Wildman–Crippen LogP) is 1.85. The highest BCUT2D eigenvalue weighted by molar-refractivity contribution is 5.86. The topological polar surface area (TPSA) is 35.6 Å². The van der Waals surface area contributed by atoms with Crippen LogP contribution in [0.3, 0.4) is 0 Å². The molecule has 0 aromatic heterocycles. The van der Waals surface area contributed by atoms with Crippen LogP contribution in [-0.2, 0) is 4.79 Å². The van der Waals surface area contributed by atoms with Crippen molar-refractivity contribution in [3.8, 4) is 0 Å². The van der Waals surface area contributed by atoms with Gasteiger partial charge in [0.2, 0.25) is 5.91 Å². The normalized spacial score (nSPS) is 30.6. The average Bonchev–Trinajstić information content (AvgIpc) is 3.03. The summed E-state index contributed by atoms with van der Waals surface area (Å²) in [6, 6.07) is 10.2. The van der Waals surface area contributed by atoms with Gasteiger partial charge < -0.3 is 9.80 Å². The van der Waals surface area contributed by atoms with Crippen molar-refractivity contribution in [3.63, 3.8) is 0 Å². The van der Waals surface area contributed by atoms with Gasteiger partial charge in [0, 0.05) is 12.6 Å². The Balaban J connectivity index is 1.86. The minimum Gasteiger partial charge on any atom is -0.321 e. The Bertz CT molecular complexity index is 502. The molecule has 1 amide bonds. The van der Waals surface area contributed by atoms with Crippen LogP contribution < -0.4 is 5.32 Å². The number of likely N-dealkylation sites (N-methyl/N-ethyl adjacent to an activating group) is 1. The number of carbonyl (C=O) groups is 1. The summed E-state index contributed by atoms with van der Waals surface area (Å²) in [5.41, 5.74) is 1.07. The van der Waals surface area contributed by atoms with Gasteiger partial charge in [0.1, 0.15) is 6.04 Å². The molecule has 4 nitrogen and oxygen atoms in total. The fourth-order valence-electron chi connectivity index (χ4n) is 3.55. The second-order valence-electron chi connectivity index (χ2n) is 6.65. The van der Waals surface area contributed by atoms with Crippen LogP contribution in [0.4, 0.5) is 0 Å².